The van der Waals surface area contributed by atoms with E-state index in [-0.39, 0.29) is 28.4 Å². The highest BCUT2D eigenvalue weighted by Gasteiger charge is 2.45. The molecule has 0 saturated carbocycles. The number of hydrogen-bond acceptors (Lipinski definition) is 2. The first-order valence-corrected chi connectivity index (χ1v) is 24.7. The third kappa shape index (κ3) is 7.60. The lowest BCUT2D eigenvalue weighted by Crippen LogP contribution is -2.61. The summed E-state index contributed by atoms with van der Waals surface area (Å²) in [6.07, 6.45) is 0. The quantitative estimate of drug-likeness (QED) is 0.121. The summed E-state index contributed by atoms with van der Waals surface area (Å²) in [6, 6.07) is 71.6. The molecule has 340 valence electrons. The highest BCUT2D eigenvalue weighted by atomic mass is 15.2. The van der Waals surface area contributed by atoms with Gasteiger partial charge in [-0.1, -0.05) is 223 Å². The number of fused-ring (bicyclic) bond motifs is 4. The Morgan fingerprint density at radius 1 is 0.279 bits per heavy atom. The second-order valence-corrected chi connectivity index (χ2v) is 23.5. The fraction of sp³-hybridized carbons (Fsp3) is 0.262. The molecule has 2 aliphatic heterocycles. The maximum Gasteiger partial charge on any atom is 0.252 e. The lowest BCUT2D eigenvalue weighted by Gasteiger charge is -2.45. The van der Waals surface area contributed by atoms with Gasteiger partial charge in [-0.05, 0) is 131 Å². The molecule has 2 aliphatic rings. The Kier molecular flexibility index (Phi) is 10.8. The molecule has 0 amide bonds. The van der Waals surface area contributed by atoms with E-state index in [1.54, 1.807) is 0 Å². The third-order valence-corrected chi connectivity index (χ3v) is 14.8. The van der Waals surface area contributed by atoms with E-state index >= 15 is 0 Å². The number of nitrogens with zero attached hydrogens (tertiary/aromatic N) is 2. The van der Waals surface area contributed by atoms with E-state index in [0.29, 0.717) is 0 Å². The number of rotatable bonds is 6. The van der Waals surface area contributed by atoms with Crippen molar-refractivity contribution in [1.29, 1.82) is 0 Å². The molecule has 68 heavy (non-hydrogen) atoms. The van der Waals surface area contributed by atoms with Crippen molar-refractivity contribution in [3.05, 3.63) is 233 Å². The van der Waals surface area contributed by atoms with Gasteiger partial charge in [-0.3, -0.25) is 0 Å². The zero-order chi connectivity index (χ0) is 48.0. The third-order valence-electron chi connectivity index (χ3n) is 14.8. The molecular formula is C65H67BN2. The van der Waals surface area contributed by atoms with E-state index in [0.717, 1.165) is 5.69 Å². The van der Waals surface area contributed by atoms with Crippen LogP contribution in [0.4, 0.5) is 34.1 Å². The molecule has 2 nitrogen and oxygen atoms in total. The van der Waals surface area contributed by atoms with Gasteiger partial charge in [-0.25, -0.2) is 0 Å². The SMILES string of the molecule is CC(C)(C)c1cc(N2c3cc(C(C)(C)C)ccc3B3c4ccccc4N(c4ccc(C(c5ccccc5)(c5ccccc5)c5ccccc5)cc4)c4cc(C(C)(C)C)cc2c43)cc(C(C)(C)C)c1. The summed E-state index contributed by atoms with van der Waals surface area (Å²) in [6.45, 7) is 28.2. The van der Waals surface area contributed by atoms with Crippen molar-refractivity contribution in [2.24, 2.45) is 0 Å². The zero-order valence-corrected chi connectivity index (χ0v) is 42.4. The Balaban J connectivity index is 1.26. The van der Waals surface area contributed by atoms with Crippen LogP contribution >= 0.6 is 0 Å². The molecule has 2 heterocycles. The molecule has 0 N–H and O–H groups in total. The average Bonchev–Trinajstić information content (AvgIpc) is 3.31. The van der Waals surface area contributed by atoms with E-state index in [9.17, 15) is 0 Å². The first-order valence-electron chi connectivity index (χ1n) is 24.7. The molecule has 0 aromatic heterocycles. The van der Waals surface area contributed by atoms with E-state index in [2.05, 4.69) is 281 Å². The van der Waals surface area contributed by atoms with Gasteiger partial charge in [0.2, 0.25) is 0 Å². The molecule has 10 rings (SSSR count). The topological polar surface area (TPSA) is 6.48 Å². The summed E-state index contributed by atoms with van der Waals surface area (Å²) >= 11 is 0. The monoisotopic (exact) mass is 887 g/mol. The minimum absolute atomic E-state index is 0.0320. The molecule has 0 spiro atoms. The van der Waals surface area contributed by atoms with Crippen LogP contribution in [0.3, 0.4) is 0 Å². The van der Waals surface area contributed by atoms with Crippen molar-refractivity contribution in [3.8, 4) is 0 Å². The van der Waals surface area contributed by atoms with E-state index in [4.69, 9.17) is 0 Å². The Morgan fingerprint density at radius 2 is 0.647 bits per heavy atom. The van der Waals surface area contributed by atoms with Crippen LogP contribution in [-0.4, -0.2) is 6.71 Å². The fourth-order valence-corrected chi connectivity index (χ4v) is 10.9. The van der Waals surface area contributed by atoms with Crippen molar-refractivity contribution in [2.75, 3.05) is 9.80 Å². The highest BCUT2D eigenvalue weighted by molar-refractivity contribution is 7.00. The maximum atomic E-state index is 2.64. The molecule has 0 radical (unpaired) electrons. The summed E-state index contributed by atoms with van der Waals surface area (Å²) < 4.78 is 0. The predicted molar refractivity (Wildman–Crippen MR) is 294 cm³/mol. The smallest absolute Gasteiger partial charge is 0.252 e. The summed E-state index contributed by atoms with van der Waals surface area (Å²) in [5, 5.41) is 0. The Labute approximate surface area is 407 Å². The van der Waals surface area contributed by atoms with Gasteiger partial charge < -0.3 is 9.80 Å². The van der Waals surface area contributed by atoms with Crippen molar-refractivity contribution in [3.63, 3.8) is 0 Å². The summed E-state index contributed by atoms with van der Waals surface area (Å²) in [5.74, 6) is 0. The van der Waals surface area contributed by atoms with Crippen molar-refractivity contribution < 1.29 is 0 Å². The largest absolute Gasteiger partial charge is 0.311 e. The zero-order valence-electron chi connectivity index (χ0n) is 42.4. The van der Waals surface area contributed by atoms with Crippen LogP contribution in [0.2, 0.25) is 0 Å². The first-order chi connectivity index (χ1) is 32.3. The predicted octanol–water partition coefficient (Wildman–Crippen LogP) is 15.3. The lowest BCUT2D eigenvalue weighted by molar-refractivity contribution is 0.569. The molecule has 3 heteroatoms. The van der Waals surface area contributed by atoms with Crippen molar-refractivity contribution in [2.45, 2.75) is 110 Å². The number of benzene rings is 8. The van der Waals surface area contributed by atoms with Crippen LogP contribution in [0.15, 0.2) is 188 Å². The lowest BCUT2D eigenvalue weighted by atomic mass is 9.33. The number of para-hydroxylation sites is 1. The van der Waals surface area contributed by atoms with Crippen LogP contribution in [0.1, 0.15) is 128 Å². The van der Waals surface area contributed by atoms with Gasteiger partial charge in [-0.2, -0.15) is 0 Å². The van der Waals surface area contributed by atoms with Gasteiger partial charge in [0.15, 0.2) is 0 Å². The van der Waals surface area contributed by atoms with Crippen LogP contribution in [0.25, 0.3) is 0 Å². The minimum Gasteiger partial charge on any atom is -0.311 e. The van der Waals surface area contributed by atoms with Gasteiger partial charge >= 0.3 is 0 Å². The van der Waals surface area contributed by atoms with Crippen LogP contribution in [0.5, 0.6) is 0 Å². The number of hydrogen-bond donors (Lipinski definition) is 0. The van der Waals surface area contributed by atoms with Gasteiger partial charge in [-0.15, -0.1) is 0 Å². The molecule has 8 aromatic carbocycles. The highest BCUT2D eigenvalue weighted by Crippen LogP contribution is 2.50. The van der Waals surface area contributed by atoms with E-state index < -0.39 is 5.41 Å². The molecule has 0 aliphatic carbocycles. The standard InChI is InChI=1S/C65H67BN2/c1-61(2,3)48-34-37-55-57(41-48)68(53-39-49(62(4,5)6)38-50(40-53)63(7,8)9)59-43-51(64(10,11)12)42-58-60(59)66(55)54-30-22-23-31-56(54)67(58)52-35-32-47(33-36-52)65(44-24-16-13-17-25-44,45-26-18-14-19-27-45)46-28-20-15-21-29-46/h13-43H,1-12H3. The van der Waals surface area contributed by atoms with Crippen molar-refractivity contribution >= 4 is 57.2 Å². The Hall–Kier alpha value is -6.58. The molecule has 0 atom stereocenters. The Morgan fingerprint density at radius 3 is 1.12 bits per heavy atom. The molecule has 0 fully saturated rings. The van der Waals surface area contributed by atoms with E-state index in [1.807, 2.05) is 0 Å². The summed E-state index contributed by atoms with van der Waals surface area (Å²) in [5.41, 5.74) is 20.9. The minimum atomic E-state index is -0.540. The summed E-state index contributed by atoms with van der Waals surface area (Å²) in [4.78, 5) is 5.21. The average molecular weight is 887 g/mol. The molecule has 0 saturated heterocycles. The van der Waals surface area contributed by atoms with Gasteiger partial charge in [0, 0.05) is 34.1 Å². The van der Waals surface area contributed by atoms with Crippen LogP contribution in [0, 0.1) is 0 Å². The number of anilines is 6. The fourth-order valence-electron chi connectivity index (χ4n) is 10.9. The first kappa shape index (κ1) is 45.2. The second kappa shape index (κ2) is 16.3. The van der Waals surface area contributed by atoms with Gasteiger partial charge in [0.05, 0.1) is 5.41 Å². The molecule has 0 unspecified atom stereocenters. The Bertz CT molecular complexity index is 3010. The van der Waals surface area contributed by atoms with Crippen LogP contribution < -0.4 is 26.2 Å². The normalized spacial score (nSPS) is 13.8. The van der Waals surface area contributed by atoms with Crippen molar-refractivity contribution in [1.82, 2.24) is 0 Å². The van der Waals surface area contributed by atoms with Gasteiger partial charge in [0.1, 0.15) is 0 Å². The maximum absolute atomic E-state index is 2.64. The van der Waals surface area contributed by atoms with Crippen LogP contribution in [-0.2, 0) is 27.1 Å². The summed E-state index contributed by atoms with van der Waals surface area (Å²) in [7, 11) is 0. The molecule has 0 bridgehead atoms. The molecule has 8 aromatic rings. The second-order valence-electron chi connectivity index (χ2n) is 23.5. The van der Waals surface area contributed by atoms with E-state index in [1.165, 1.54) is 89.3 Å². The molecular weight excluding hydrogens is 820 g/mol. The van der Waals surface area contributed by atoms with Gasteiger partial charge in [0.25, 0.3) is 6.71 Å².